The topological polar surface area (TPSA) is 78.8 Å². The Morgan fingerprint density at radius 3 is 2.43 bits per heavy atom. The number of carbonyl (C=O) groups is 1. The van der Waals surface area contributed by atoms with Gasteiger partial charge in [-0.1, -0.05) is 24.3 Å². The van der Waals surface area contributed by atoms with Crippen molar-refractivity contribution in [2.75, 3.05) is 12.4 Å². The first-order chi connectivity index (χ1) is 10.1. The predicted molar refractivity (Wildman–Crippen MR) is 81.4 cm³/mol. The highest BCUT2D eigenvalue weighted by Crippen LogP contribution is 2.11. The van der Waals surface area contributed by atoms with Crippen LogP contribution in [0.25, 0.3) is 0 Å². The number of hydrogen-bond donors (Lipinski definition) is 3. The van der Waals surface area contributed by atoms with E-state index in [0.717, 1.165) is 11.3 Å². The number of ether oxygens (including phenoxy) is 1. The van der Waals surface area contributed by atoms with Crippen molar-refractivity contribution in [3.8, 4) is 0 Å². The maximum Gasteiger partial charge on any atom is 0.488 e. The summed E-state index contributed by atoms with van der Waals surface area (Å²) in [5.74, 6) is -0.379. The fourth-order valence-corrected chi connectivity index (χ4v) is 1.99. The average molecular weight is 285 g/mol. The molecule has 6 heteroatoms. The molecule has 0 amide bonds. The van der Waals surface area contributed by atoms with Gasteiger partial charge in [-0.15, -0.1) is 0 Å². The summed E-state index contributed by atoms with van der Waals surface area (Å²) in [4.78, 5) is 11.3. The van der Waals surface area contributed by atoms with Crippen molar-refractivity contribution in [1.82, 2.24) is 0 Å². The van der Waals surface area contributed by atoms with E-state index in [0.29, 0.717) is 17.6 Å². The molecule has 0 unspecified atom stereocenters. The summed E-state index contributed by atoms with van der Waals surface area (Å²) in [5, 5.41) is 21.8. The fraction of sp³-hybridized carbons (Fsp3) is 0.133. The van der Waals surface area contributed by atoms with Crippen LogP contribution in [0, 0.1) is 0 Å². The van der Waals surface area contributed by atoms with Gasteiger partial charge in [0.1, 0.15) is 0 Å². The number of anilines is 1. The third-order valence-corrected chi connectivity index (χ3v) is 3.12. The molecule has 0 heterocycles. The molecule has 0 aliphatic carbocycles. The third kappa shape index (κ3) is 3.84. The molecule has 0 radical (unpaired) electrons. The van der Waals surface area contributed by atoms with Crippen LogP contribution in [0.3, 0.4) is 0 Å². The zero-order valence-electron chi connectivity index (χ0n) is 11.6. The SMILES string of the molecule is COC(=O)c1ccc(NCc2ccccc2B(O)O)cc1. The second-order valence-corrected chi connectivity index (χ2v) is 4.49. The third-order valence-electron chi connectivity index (χ3n) is 3.12. The van der Waals surface area contributed by atoms with Gasteiger partial charge >= 0.3 is 13.1 Å². The molecule has 0 spiro atoms. The largest absolute Gasteiger partial charge is 0.488 e. The Morgan fingerprint density at radius 1 is 1.14 bits per heavy atom. The van der Waals surface area contributed by atoms with E-state index in [1.54, 1.807) is 36.4 Å². The highest BCUT2D eigenvalue weighted by atomic mass is 16.5. The first kappa shape index (κ1) is 15.1. The van der Waals surface area contributed by atoms with Crippen LogP contribution >= 0.6 is 0 Å². The van der Waals surface area contributed by atoms with E-state index < -0.39 is 7.12 Å². The molecule has 5 nitrogen and oxygen atoms in total. The standard InChI is InChI=1S/C15H16BNO4/c1-21-15(18)11-6-8-13(9-7-11)17-10-12-4-2-3-5-14(12)16(19)20/h2-9,17,19-20H,10H2,1H3. The number of methoxy groups -OCH3 is 1. The minimum atomic E-state index is -1.50. The molecule has 0 aliphatic rings. The first-order valence-corrected chi connectivity index (χ1v) is 6.48. The van der Waals surface area contributed by atoms with E-state index in [1.807, 2.05) is 12.1 Å². The number of hydrogen-bond acceptors (Lipinski definition) is 5. The fourth-order valence-electron chi connectivity index (χ4n) is 1.99. The maximum absolute atomic E-state index is 11.3. The lowest BCUT2D eigenvalue weighted by Crippen LogP contribution is -2.33. The van der Waals surface area contributed by atoms with Gasteiger partial charge in [0, 0.05) is 12.2 Å². The summed E-state index contributed by atoms with van der Waals surface area (Å²) in [6.45, 7) is 0.450. The van der Waals surface area contributed by atoms with Crippen LogP contribution < -0.4 is 10.8 Å². The van der Waals surface area contributed by atoms with Crippen LogP contribution in [-0.4, -0.2) is 30.2 Å². The Hall–Kier alpha value is -2.31. The van der Waals surface area contributed by atoms with E-state index in [-0.39, 0.29) is 5.97 Å². The summed E-state index contributed by atoms with van der Waals surface area (Å²) in [6, 6.07) is 14.0. The van der Waals surface area contributed by atoms with Gasteiger partial charge in [0.25, 0.3) is 0 Å². The van der Waals surface area contributed by atoms with Gasteiger partial charge in [-0.2, -0.15) is 0 Å². The molecule has 0 aromatic heterocycles. The smallest absolute Gasteiger partial charge is 0.465 e. The van der Waals surface area contributed by atoms with E-state index in [4.69, 9.17) is 0 Å². The Kier molecular flexibility index (Phi) is 4.97. The van der Waals surface area contributed by atoms with Gasteiger partial charge in [-0.05, 0) is 35.3 Å². The Balaban J connectivity index is 2.05. The normalized spacial score (nSPS) is 10.0. The number of benzene rings is 2. The molecule has 0 saturated heterocycles. The summed E-state index contributed by atoms with van der Waals surface area (Å²) >= 11 is 0. The maximum atomic E-state index is 11.3. The van der Waals surface area contributed by atoms with Gasteiger partial charge in [0.15, 0.2) is 0 Å². The minimum absolute atomic E-state index is 0.379. The lowest BCUT2D eigenvalue weighted by molar-refractivity contribution is 0.0601. The van der Waals surface area contributed by atoms with Crippen molar-refractivity contribution in [2.24, 2.45) is 0 Å². The highest BCUT2D eigenvalue weighted by molar-refractivity contribution is 6.59. The van der Waals surface area contributed by atoms with E-state index in [9.17, 15) is 14.8 Å². The van der Waals surface area contributed by atoms with Crippen molar-refractivity contribution >= 4 is 24.2 Å². The monoisotopic (exact) mass is 285 g/mol. The highest BCUT2D eigenvalue weighted by Gasteiger charge is 2.14. The molecular weight excluding hydrogens is 269 g/mol. The Labute approximate surface area is 123 Å². The number of rotatable bonds is 5. The van der Waals surface area contributed by atoms with E-state index in [2.05, 4.69) is 10.1 Å². The zero-order chi connectivity index (χ0) is 15.2. The van der Waals surface area contributed by atoms with Crippen LogP contribution in [-0.2, 0) is 11.3 Å². The molecule has 2 rings (SSSR count). The van der Waals surface area contributed by atoms with Crippen LogP contribution in [0.2, 0.25) is 0 Å². The lowest BCUT2D eigenvalue weighted by Gasteiger charge is -2.11. The molecule has 2 aromatic carbocycles. The predicted octanol–water partition coefficient (Wildman–Crippen LogP) is 0.765. The van der Waals surface area contributed by atoms with Crippen molar-refractivity contribution in [2.45, 2.75) is 6.54 Å². The van der Waals surface area contributed by atoms with Crippen LogP contribution in [0.1, 0.15) is 15.9 Å². The van der Waals surface area contributed by atoms with Crippen molar-refractivity contribution in [3.63, 3.8) is 0 Å². The second kappa shape index (κ2) is 6.92. The van der Waals surface area contributed by atoms with Crippen molar-refractivity contribution in [3.05, 3.63) is 59.7 Å². The molecule has 108 valence electrons. The van der Waals surface area contributed by atoms with Crippen LogP contribution in [0.15, 0.2) is 48.5 Å². The molecule has 0 bridgehead atoms. The summed E-state index contributed by atoms with van der Waals surface area (Å²) in [5.41, 5.74) is 2.57. The van der Waals surface area contributed by atoms with Gasteiger partial charge in [0.05, 0.1) is 12.7 Å². The van der Waals surface area contributed by atoms with Gasteiger partial charge in [0.2, 0.25) is 0 Å². The van der Waals surface area contributed by atoms with Crippen molar-refractivity contribution < 1.29 is 19.6 Å². The van der Waals surface area contributed by atoms with E-state index >= 15 is 0 Å². The van der Waals surface area contributed by atoms with Gasteiger partial charge < -0.3 is 20.1 Å². The zero-order valence-corrected chi connectivity index (χ0v) is 11.6. The second-order valence-electron chi connectivity index (χ2n) is 4.49. The molecule has 0 saturated carbocycles. The van der Waals surface area contributed by atoms with Gasteiger partial charge in [-0.3, -0.25) is 0 Å². The molecular formula is C15H16BNO4. The number of nitrogens with one attached hydrogen (secondary N) is 1. The summed E-state index contributed by atoms with van der Waals surface area (Å²) in [6.07, 6.45) is 0. The first-order valence-electron chi connectivity index (χ1n) is 6.48. The van der Waals surface area contributed by atoms with Gasteiger partial charge in [-0.25, -0.2) is 4.79 Å². The van der Waals surface area contributed by atoms with E-state index in [1.165, 1.54) is 7.11 Å². The summed E-state index contributed by atoms with van der Waals surface area (Å²) < 4.78 is 4.63. The molecule has 0 aliphatic heterocycles. The minimum Gasteiger partial charge on any atom is -0.465 e. The Morgan fingerprint density at radius 2 is 1.81 bits per heavy atom. The number of carbonyl (C=O) groups excluding carboxylic acids is 1. The molecule has 21 heavy (non-hydrogen) atoms. The average Bonchev–Trinajstić information content (AvgIpc) is 2.52. The molecule has 3 N–H and O–H groups in total. The quantitative estimate of drug-likeness (QED) is 0.558. The summed E-state index contributed by atoms with van der Waals surface area (Å²) in [7, 11) is -0.157. The lowest BCUT2D eigenvalue weighted by atomic mass is 9.77. The Bertz CT molecular complexity index is 613. The van der Waals surface area contributed by atoms with Crippen LogP contribution in [0.5, 0.6) is 0 Å². The van der Waals surface area contributed by atoms with Crippen molar-refractivity contribution in [1.29, 1.82) is 0 Å². The molecule has 0 atom stereocenters. The molecule has 0 fully saturated rings. The number of esters is 1. The molecule has 2 aromatic rings. The van der Waals surface area contributed by atoms with Crippen LogP contribution in [0.4, 0.5) is 5.69 Å².